The molecule has 0 aliphatic heterocycles. The highest BCUT2D eigenvalue weighted by atomic mass is 127. The van der Waals surface area contributed by atoms with Gasteiger partial charge in [-0.1, -0.05) is 6.07 Å². The van der Waals surface area contributed by atoms with Gasteiger partial charge in [0.2, 0.25) is 0 Å². The van der Waals surface area contributed by atoms with Crippen LogP contribution in [0.1, 0.15) is 26.3 Å². The maximum atomic E-state index is 11.1. The molecular weight excluding hydrogens is 521 g/mol. The summed E-state index contributed by atoms with van der Waals surface area (Å²) in [4.78, 5) is 4.44. The van der Waals surface area contributed by atoms with Gasteiger partial charge in [-0.2, -0.15) is 0 Å². The number of hydrogen-bond acceptors (Lipinski definition) is 6. The van der Waals surface area contributed by atoms with Gasteiger partial charge >= 0.3 is 0 Å². The summed E-state index contributed by atoms with van der Waals surface area (Å²) in [5.74, 6) is 2.26. The minimum absolute atomic E-state index is 0. The minimum Gasteiger partial charge on any atom is -0.490 e. The van der Waals surface area contributed by atoms with Crippen molar-refractivity contribution in [2.45, 2.75) is 27.2 Å². The Labute approximate surface area is 198 Å². The van der Waals surface area contributed by atoms with Crippen LogP contribution in [0.4, 0.5) is 0 Å². The Morgan fingerprint density at radius 1 is 1.03 bits per heavy atom. The second kappa shape index (κ2) is 16.4. The third-order valence-electron chi connectivity index (χ3n) is 3.76. The fourth-order valence-electron chi connectivity index (χ4n) is 2.45. The zero-order valence-electron chi connectivity index (χ0n) is 18.4. The Balaban J connectivity index is 0.00000841. The summed E-state index contributed by atoms with van der Waals surface area (Å²) in [5.41, 5.74) is 1.14. The number of sulfone groups is 1. The molecule has 1 aromatic carbocycles. The molecule has 10 heteroatoms. The Morgan fingerprint density at radius 2 is 1.73 bits per heavy atom. The first-order valence-electron chi connectivity index (χ1n) is 10.1. The first kappa shape index (κ1) is 28.7. The smallest absolute Gasteiger partial charge is 0.191 e. The molecule has 1 aromatic rings. The molecule has 0 atom stereocenters. The molecule has 1 rings (SSSR count). The van der Waals surface area contributed by atoms with E-state index >= 15 is 0 Å². The SMILES string of the molecule is CCNC(=NCCOCCS(C)(=O)=O)NCCc1ccc(OCC)c(OCC)c1.I. The Kier molecular flexibility index (Phi) is 15.7. The Morgan fingerprint density at radius 3 is 2.37 bits per heavy atom. The zero-order chi connectivity index (χ0) is 21.5. The van der Waals surface area contributed by atoms with Crippen molar-refractivity contribution >= 4 is 39.8 Å². The molecule has 2 N–H and O–H groups in total. The van der Waals surface area contributed by atoms with Gasteiger partial charge in [0.1, 0.15) is 9.84 Å². The highest BCUT2D eigenvalue weighted by Gasteiger charge is 2.06. The molecule has 0 saturated heterocycles. The summed E-state index contributed by atoms with van der Waals surface area (Å²) in [5, 5.41) is 6.48. The van der Waals surface area contributed by atoms with Crippen LogP contribution in [0.5, 0.6) is 11.5 Å². The predicted octanol–water partition coefficient (Wildman–Crippen LogP) is 2.26. The Hall–Kier alpha value is -1.27. The van der Waals surface area contributed by atoms with Crippen molar-refractivity contribution in [1.29, 1.82) is 0 Å². The number of rotatable bonds is 14. The van der Waals surface area contributed by atoms with Crippen LogP contribution in [0.25, 0.3) is 0 Å². The molecule has 0 aliphatic carbocycles. The van der Waals surface area contributed by atoms with Gasteiger partial charge in [0, 0.05) is 19.3 Å². The third kappa shape index (κ3) is 13.1. The molecule has 0 radical (unpaired) electrons. The van der Waals surface area contributed by atoms with Crippen molar-refractivity contribution in [2.75, 3.05) is 58.1 Å². The number of guanidine groups is 1. The van der Waals surface area contributed by atoms with Crippen molar-refractivity contribution in [3.05, 3.63) is 23.8 Å². The van der Waals surface area contributed by atoms with Crippen molar-refractivity contribution in [1.82, 2.24) is 10.6 Å². The molecule has 0 spiro atoms. The summed E-state index contributed by atoms with van der Waals surface area (Å²) in [6.07, 6.45) is 2.01. The lowest BCUT2D eigenvalue weighted by molar-refractivity contribution is 0.157. The van der Waals surface area contributed by atoms with E-state index in [1.807, 2.05) is 39.0 Å². The van der Waals surface area contributed by atoms with E-state index in [1.165, 1.54) is 6.26 Å². The molecule has 30 heavy (non-hydrogen) atoms. The van der Waals surface area contributed by atoms with E-state index in [0.717, 1.165) is 30.0 Å². The lowest BCUT2D eigenvalue weighted by Gasteiger charge is -2.14. The number of ether oxygens (including phenoxy) is 3. The monoisotopic (exact) mass is 557 g/mol. The highest BCUT2D eigenvalue weighted by Crippen LogP contribution is 2.28. The molecule has 174 valence electrons. The molecule has 0 bridgehead atoms. The average Bonchev–Trinajstić information content (AvgIpc) is 2.66. The lowest BCUT2D eigenvalue weighted by atomic mass is 10.1. The largest absolute Gasteiger partial charge is 0.490 e. The van der Waals surface area contributed by atoms with E-state index < -0.39 is 9.84 Å². The van der Waals surface area contributed by atoms with E-state index in [9.17, 15) is 8.42 Å². The van der Waals surface area contributed by atoms with Crippen molar-refractivity contribution in [3.63, 3.8) is 0 Å². The number of aliphatic imine (C=N–C) groups is 1. The van der Waals surface area contributed by atoms with Gasteiger partial charge < -0.3 is 24.8 Å². The van der Waals surface area contributed by atoms with Crippen LogP contribution >= 0.6 is 24.0 Å². The maximum Gasteiger partial charge on any atom is 0.191 e. The van der Waals surface area contributed by atoms with Gasteiger partial charge in [-0.25, -0.2) is 8.42 Å². The van der Waals surface area contributed by atoms with Gasteiger partial charge in [-0.05, 0) is 44.9 Å². The van der Waals surface area contributed by atoms with Crippen LogP contribution in [0, 0.1) is 0 Å². The summed E-state index contributed by atoms with van der Waals surface area (Å²) in [6, 6.07) is 5.99. The lowest BCUT2D eigenvalue weighted by Crippen LogP contribution is -2.38. The molecule has 0 saturated carbocycles. The summed E-state index contributed by atoms with van der Waals surface area (Å²) >= 11 is 0. The van der Waals surface area contributed by atoms with Crippen molar-refractivity contribution < 1.29 is 22.6 Å². The van der Waals surface area contributed by atoms with Gasteiger partial charge in [0.05, 0.1) is 38.7 Å². The maximum absolute atomic E-state index is 11.1. The molecular formula is C20H36IN3O5S. The van der Waals surface area contributed by atoms with Gasteiger partial charge in [-0.15, -0.1) is 24.0 Å². The molecule has 0 aliphatic rings. The minimum atomic E-state index is -2.99. The number of nitrogens with one attached hydrogen (secondary N) is 2. The second-order valence-corrected chi connectivity index (χ2v) is 8.59. The van der Waals surface area contributed by atoms with Gasteiger partial charge in [-0.3, -0.25) is 4.99 Å². The van der Waals surface area contributed by atoms with Crippen LogP contribution in [0.15, 0.2) is 23.2 Å². The number of benzene rings is 1. The van der Waals surface area contributed by atoms with Gasteiger partial charge in [0.15, 0.2) is 17.5 Å². The van der Waals surface area contributed by atoms with Crippen LogP contribution in [0.2, 0.25) is 0 Å². The van der Waals surface area contributed by atoms with Crippen molar-refractivity contribution in [2.24, 2.45) is 4.99 Å². The topological polar surface area (TPSA) is 98.3 Å². The quantitative estimate of drug-likeness (QED) is 0.157. The van der Waals surface area contributed by atoms with Crippen LogP contribution < -0.4 is 20.1 Å². The highest BCUT2D eigenvalue weighted by molar-refractivity contribution is 14.0. The molecule has 0 aromatic heterocycles. The Bertz CT molecular complexity index is 729. The number of hydrogen-bond donors (Lipinski definition) is 2. The summed E-state index contributed by atoms with van der Waals surface area (Å²) in [7, 11) is -2.99. The molecule has 0 unspecified atom stereocenters. The van der Waals surface area contributed by atoms with Crippen LogP contribution in [-0.2, 0) is 21.0 Å². The third-order valence-corrected chi connectivity index (χ3v) is 4.67. The van der Waals surface area contributed by atoms with E-state index in [4.69, 9.17) is 14.2 Å². The van der Waals surface area contributed by atoms with Crippen LogP contribution in [-0.4, -0.2) is 72.4 Å². The zero-order valence-corrected chi connectivity index (χ0v) is 21.5. The first-order valence-corrected chi connectivity index (χ1v) is 12.1. The normalized spacial score (nSPS) is 11.5. The fraction of sp³-hybridized carbons (Fsp3) is 0.650. The van der Waals surface area contributed by atoms with E-state index in [1.54, 1.807) is 0 Å². The number of nitrogens with zero attached hydrogens (tertiary/aromatic N) is 1. The fourth-order valence-corrected chi connectivity index (χ4v) is 2.87. The molecule has 8 nitrogen and oxygen atoms in total. The first-order chi connectivity index (χ1) is 13.9. The van der Waals surface area contributed by atoms with E-state index in [0.29, 0.717) is 38.9 Å². The summed E-state index contributed by atoms with van der Waals surface area (Å²) in [6.45, 7) is 9.57. The molecule has 0 fully saturated rings. The average molecular weight is 557 g/mol. The number of halogens is 1. The summed E-state index contributed by atoms with van der Waals surface area (Å²) < 4.78 is 38.7. The van der Waals surface area contributed by atoms with Crippen LogP contribution in [0.3, 0.4) is 0 Å². The van der Waals surface area contributed by atoms with E-state index in [2.05, 4.69) is 15.6 Å². The molecule has 0 heterocycles. The standard InChI is InChI=1S/C20H35N3O5S.HI/c1-5-21-20(23-12-13-26-14-15-29(4,24)25)22-11-10-17-8-9-18(27-6-2)19(16-17)28-7-3;/h8-9,16H,5-7,10-15H2,1-4H3,(H2,21,22,23);1H. The predicted molar refractivity (Wildman–Crippen MR) is 132 cm³/mol. The van der Waals surface area contributed by atoms with Crippen molar-refractivity contribution in [3.8, 4) is 11.5 Å². The molecule has 0 amide bonds. The van der Waals surface area contributed by atoms with E-state index in [-0.39, 0.29) is 36.3 Å². The van der Waals surface area contributed by atoms with Gasteiger partial charge in [0.25, 0.3) is 0 Å². The second-order valence-electron chi connectivity index (χ2n) is 6.33.